The molecule has 1 aromatic heterocycles. The van der Waals surface area contributed by atoms with Crippen LogP contribution in [0.1, 0.15) is 64.9 Å². The van der Waals surface area contributed by atoms with E-state index < -0.39 is 17.6 Å². The fourth-order valence-corrected chi connectivity index (χ4v) is 2.50. The SMILES string of the molecule is CCOC(=O)C(CC(=O)c1cccn1C(=O)OC(C)(C)C)CC(C)C. The van der Waals surface area contributed by atoms with Crippen LogP contribution in [0.5, 0.6) is 0 Å². The van der Waals surface area contributed by atoms with Gasteiger partial charge in [0.15, 0.2) is 5.78 Å². The van der Waals surface area contributed by atoms with Gasteiger partial charge in [-0.2, -0.15) is 0 Å². The minimum Gasteiger partial charge on any atom is -0.466 e. The van der Waals surface area contributed by atoms with Crippen molar-refractivity contribution in [2.24, 2.45) is 11.8 Å². The zero-order valence-corrected chi connectivity index (χ0v) is 16.0. The highest BCUT2D eigenvalue weighted by molar-refractivity contribution is 5.99. The Labute approximate surface area is 149 Å². The summed E-state index contributed by atoms with van der Waals surface area (Å²) < 4.78 is 11.6. The van der Waals surface area contributed by atoms with E-state index in [4.69, 9.17) is 9.47 Å². The molecule has 6 heteroatoms. The summed E-state index contributed by atoms with van der Waals surface area (Å²) in [6, 6.07) is 3.17. The number of hydrogen-bond acceptors (Lipinski definition) is 5. The Morgan fingerprint density at radius 2 is 1.84 bits per heavy atom. The lowest BCUT2D eigenvalue weighted by Crippen LogP contribution is -2.29. The van der Waals surface area contributed by atoms with E-state index in [-0.39, 0.29) is 36.4 Å². The van der Waals surface area contributed by atoms with Crippen molar-refractivity contribution in [2.75, 3.05) is 6.61 Å². The van der Waals surface area contributed by atoms with Gasteiger partial charge in [-0.3, -0.25) is 9.59 Å². The number of carbonyl (C=O) groups is 3. The van der Waals surface area contributed by atoms with E-state index in [1.54, 1.807) is 39.8 Å². The minimum atomic E-state index is -0.660. The summed E-state index contributed by atoms with van der Waals surface area (Å²) in [5.74, 6) is -0.927. The van der Waals surface area contributed by atoms with Crippen molar-refractivity contribution in [1.82, 2.24) is 4.57 Å². The van der Waals surface area contributed by atoms with Gasteiger partial charge in [0.25, 0.3) is 0 Å². The van der Waals surface area contributed by atoms with E-state index in [9.17, 15) is 14.4 Å². The summed E-state index contributed by atoms with van der Waals surface area (Å²) in [6.45, 7) is 11.3. The highest BCUT2D eigenvalue weighted by atomic mass is 16.6. The molecule has 0 radical (unpaired) electrons. The number of carbonyl (C=O) groups excluding carboxylic acids is 3. The van der Waals surface area contributed by atoms with E-state index in [1.165, 1.54) is 10.8 Å². The van der Waals surface area contributed by atoms with Gasteiger partial charge in [0.05, 0.1) is 18.2 Å². The number of ketones is 1. The van der Waals surface area contributed by atoms with Crippen molar-refractivity contribution in [1.29, 1.82) is 0 Å². The molecule has 0 fully saturated rings. The smallest absolute Gasteiger partial charge is 0.419 e. The molecule has 1 rings (SSSR count). The van der Waals surface area contributed by atoms with E-state index in [0.717, 1.165) is 0 Å². The van der Waals surface area contributed by atoms with Crippen molar-refractivity contribution in [3.63, 3.8) is 0 Å². The van der Waals surface area contributed by atoms with Crippen molar-refractivity contribution >= 4 is 17.8 Å². The third kappa shape index (κ3) is 6.72. The van der Waals surface area contributed by atoms with Crippen LogP contribution in [0.2, 0.25) is 0 Å². The molecule has 0 amide bonds. The van der Waals surface area contributed by atoms with Crippen LogP contribution in [0.15, 0.2) is 18.3 Å². The first-order valence-corrected chi connectivity index (χ1v) is 8.65. The van der Waals surface area contributed by atoms with E-state index >= 15 is 0 Å². The molecule has 0 spiro atoms. The average molecular weight is 351 g/mol. The van der Waals surface area contributed by atoms with Gasteiger partial charge in [-0.05, 0) is 52.2 Å². The molecule has 1 aromatic rings. The number of aromatic nitrogens is 1. The third-order valence-electron chi connectivity index (χ3n) is 3.43. The maximum atomic E-state index is 12.7. The second-order valence-corrected chi connectivity index (χ2v) is 7.45. The zero-order valence-electron chi connectivity index (χ0n) is 16.0. The van der Waals surface area contributed by atoms with Crippen LogP contribution in [0.25, 0.3) is 0 Å². The number of Topliss-reactive ketones (excluding diaryl/α,β-unsaturated/α-hetero) is 1. The van der Waals surface area contributed by atoms with Crippen molar-refractivity contribution in [3.05, 3.63) is 24.0 Å². The Morgan fingerprint density at radius 1 is 1.20 bits per heavy atom. The molecule has 1 heterocycles. The van der Waals surface area contributed by atoms with Crippen molar-refractivity contribution in [2.45, 2.75) is 60.0 Å². The van der Waals surface area contributed by atoms with E-state index in [0.29, 0.717) is 6.42 Å². The summed E-state index contributed by atoms with van der Waals surface area (Å²) in [7, 11) is 0. The molecule has 0 aliphatic rings. The molecule has 140 valence electrons. The summed E-state index contributed by atoms with van der Waals surface area (Å²) in [5, 5.41) is 0. The Hall–Kier alpha value is -2.11. The normalized spacial score (nSPS) is 12.8. The molecule has 1 atom stereocenters. The van der Waals surface area contributed by atoms with Gasteiger partial charge in [-0.25, -0.2) is 9.36 Å². The van der Waals surface area contributed by atoms with Crippen LogP contribution in [0.4, 0.5) is 4.79 Å². The second-order valence-electron chi connectivity index (χ2n) is 7.45. The standard InChI is InChI=1S/C19H29NO5/c1-7-24-17(22)14(11-13(2)3)12-16(21)15-9-8-10-20(15)18(23)25-19(4,5)6/h8-10,13-14H,7,11-12H2,1-6H3. The topological polar surface area (TPSA) is 74.6 Å². The number of hydrogen-bond donors (Lipinski definition) is 0. The zero-order chi connectivity index (χ0) is 19.2. The lowest BCUT2D eigenvalue weighted by molar-refractivity contribution is -0.148. The van der Waals surface area contributed by atoms with Crippen molar-refractivity contribution < 1.29 is 23.9 Å². The van der Waals surface area contributed by atoms with E-state index in [1.807, 2.05) is 13.8 Å². The Bertz CT molecular complexity index is 610. The van der Waals surface area contributed by atoms with Gasteiger partial charge in [-0.15, -0.1) is 0 Å². The third-order valence-corrected chi connectivity index (χ3v) is 3.43. The molecule has 25 heavy (non-hydrogen) atoms. The molecule has 0 saturated carbocycles. The van der Waals surface area contributed by atoms with Gasteiger partial charge in [-0.1, -0.05) is 13.8 Å². The van der Waals surface area contributed by atoms with Crippen LogP contribution in [0, 0.1) is 11.8 Å². The monoisotopic (exact) mass is 351 g/mol. The van der Waals surface area contributed by atoms with Crippen LogP contribution in [-0.2, 0) is 14.3 Å². The molecule has 1 unspecified atom stereocenters. The number of ether oxygens (including phenoxy) is 2. The highest BCUT2D eigenvalue weighted by Gasteiger charge is 2.27. The van der Waals surface area contributed by atoms with Crippen LogP contribution >= 0.6 is 0 Å². The predicted octanol–water partition coefficient (Wildman–Crippen LogP) is 4.07. The fraction of sp³-hybridized carbons (Fsp3) is 0.632. The quantitative estimate of drug-likeness (QED) is 0.547. The van der Waals surface area contributed by atoms with Gasteiger partial charge in [0.2, 0.25) is 0 Å². The maximum Gasteiger partial charge on any atom is 0.419 e. The molecule has 0 aromatic carbocycles. The Kier molecular flexibility index (Phi) is 7.39. The molecule has 0 aliphatic heterocycles. The number of nitrogens with zero attached hydrogens (tertiary/aromatic N) is 1. The number of rotatable bonds is 7. The van der Waals surface area contributed by atoms with Gasteiger partial charge in [0.1, 0.15) is 5.60 Å². The van der Waals surface area contributed by atoms with E-state index in [2.05, 4.69) is 0 Å². The molecular weight excluding hydrogens is 322 g/mol. The minimum absolute atomic E-state index is 0.00379. The first-order chi connectivity index (χ1) is 11.5. The lowest BCUT2D eigenvalue weighted by atomic mass is 9.92. The summed E-state index contributed by atoms with van der Waals surface area (Å²) >= 11 is 0. The first-order valence-electron chi connectivity index (χ1n) is 8.65. The van der Waals surface area contributed by atoms with Gasteiger partial charge >= 0.3 is 12.1 Å². The molecule has 0 bridgehead atoms. The highest BCUT2D eigenvalue weighted by Crippen LogP contribution is 2.21. The summed E-state index contributed by atoms with van der Waals surface area (Å²) in [5.41, 5.74) is -0.445. The van der Waals surface area contributed by atoms with Gasteiger partial charge < -0.3 is 9.47 Å². The second kappa shape index (κ2) is 8.83. The largest absolute Gasteiger partial charge is 0.466 e. The first kappa shape index (κ1) is 20.9. The molecule has 0 N–H and O–H groups in total. The molecular formula is C19H29NO5. The van der Waals surface area contributed by atoms with Crippen molar-refractivity contribution in [3.8, 4) is 0 Å². The average Bonchev–Trinajstić information content (AvgIpc) is 2.94. The fourth-order valence-electron chi connectivity index (χ4n) is 2.50. The molecule has 6 nitrogen and oxygen atoms in total. The lowest BCUT2D eigenvalue weighted by Gasteiger charge is -2.21. The Morgan fingerprint density at radius 3 is 2.36 bits per heavy atom. The molecule has 0 saturated heterocycles. The number of esters is 1. The summed E-state index contributed by atoms with van der Waals surface area (Å²) in [4.78, 5) is 37.0. The van der Waals surface area contributed by atoms with Gasteiger partial charge in [0, 0.05) is 12.6 Å². The maximum absolute atomic E-state index is 12.7. The summed E-state index contributed by atoms with van der Waals surface area (Å²) in [6.07, 6.45) is 1.43. The predicted molar refractivity (Wildman–Crippen MR) is 94.6 cm³/mol. The molecule has 0 aliphatic carbocycles. The van der Waals surface area contributed by atoms with Crippen LogP contribution in [0.3, 0.4) is 0 Å². The Balaban J connectivity index is 2.93. The van der Waals surface area contributed by atoms with Crippen LogP contribution < -0.4 is 0 Å². The van der Waals surface area contributed by atoms with Crippen LogP contribution in [-0.4, -0.2) is 34.6 Å².